The number of benzene rings is 1. The van der Waals surface area contributed by atoms with Crippen molar-refractivity contribution in [3.05, 3.63) is 28.8 Å². The van der Waals surface area contributed by atoms with Gasteiger partial charge in [0.15, 0.2) is 5.78 Å². The Kier molecular flexibility index (Phi) is 4.86. The van der Waals surface area contributed by atoms with E-state index in [-0.39, 0.29) is 16.9 Å². The molecule has 0 atom stereocenters. The minimum Gasteiger partial charge on any atom is -0.376 e. The summed E-state index contributed by atoms with van der Waals surface area (Å²) in [7, 11) is -5.72. The quantitative estimate of drug-likeness (QED) is 0.336. The molecule has 0 N–H and O–H groups in total. The minimum absolute atomic E-state index is 0.0838. The van der Waals surface area contributed by atoms with Crippen LogP contribution < -0.4 is 4.18 Å². The summed E-state index contributed by atoms with van der Waals surface area (Å²) in [5.74, 6) is -0.554. The summed E-state index contributed by atoms with van der Waals surface area (Å²) in [5, 5.41) is 0.0838. The lowest BCUT2D eigenvalue weighted by atomic mass is 9.86. The fraction of sp³-hybridized carbons (Fsp3) is 0.462. The Labute approximate surface area is 133 Å². The predicted octanol–water partition coefficient (Wildman–Crippen LogP) is 3.37. The average molecular weight is 401 g/mol. The van der Waals surface area contributed by atoms with E-state index in [4.69, 9.17) is 0 Å². The SMILES string of the molecule is O=C(CBr)c1ccc(OS(=O)(=O)C(F)(F)F)c2c1CCCC2. The van der Waals surface area contributed by atoms with Crippen molar-refractivity contribution in [2.24, 2.45) is 0 Å². The molecule has 0 saturated heterocycles. The van der Waals surface area contributed by atoms with Crippen molar-refractivity contribution in [1.82, 2.24) is 0 Å². The number of Topliss-reactive ketones (excluding diaryl/α,β-unsaturated/α-hetero) is 1. The van der Waals surface area contributed by atoms with Crippen molar-refractivity contribution in [3.8, 4) is 5.75 Å². The van der Waals surface area contributed by atoms with E-state index in [9.17, 15) is 26.4 Å². The summed E-state index contributed by atoms with van der Waals surface area (Å²) in [6.07, 6.45) is 2.36. The number of hydrogen-bond acceptors (Lipinski definition) is 4. The van der Waals surface area contributed by atoms with Crippen LogP contribution >= 0.6 is 15.9 Å². The van der Waals surface area contributed by atoms with Gasteiger partial charge in [0, 0.05) is 5.56 Å². The van der Waals surface area contributed by atoms with Gasteiger partial charge in [-0.15, -0.1) is 0 Å². The molecule has 122 valence electrons. The van der Waals surface area contributed by atoms with Gasteiger partial charge in [-0.25, -0.2) is 0 Å². The van der Waals surface area contributed by atoms with Crippen molar-refractivity contribution in [2.45, 2.75) is 31.2 Å². The van der Waals surface area contributed by atoms with Gasteiger partial charge in [0.1, 0.15) is 5.75 Å². The molecule has 0 amide bonds. The standard InChI is InChI=1S/C13H12BrF3O4S/c14-7-11(18)9-5-6-12(10-4-2-1-3-8(9)10)21-22(19,20)13(15,16)17/h5-6H,1-4,7H2. The van der Waals surface area contributed by atoms with Crippen LogP contribution in [0.15, 0.2) is 12.1 Å². The van der Waals surface area contributed by atoms with E-state index in [1.165, 1.54) is 6.07 Å². The third kappa shape index (κ3) is 3.29. The zero-order chi connectivity index (χ0) is 16.5. The van der Waals surface area contributed by atoms with Gasteiger partial charge in [-0.1, -0.05) is 15.9 Å². The molecule has 1 aliphatic carbocycles. The molecule has 0 fully saturated rings. The number of hydrogen-bond donors (Lipinski definition) is 0. The summed E-state index contributed by atoms with van der Waals surface area (Å²) in [4.78, 5) is 11.9. The molecule has 2 rings (SSSR count). The van der Waals surface area contributed by atoms with Crippen molar-refractivity contribution in [3.63, 3.8) is 0 Å². The number of fused-ring (bicyclic) bond motifs is 1. The average Bonchev–Trinajstić information content (AvgIpc) is 2.45. The zero-order valence-electron chi connectivity index (χ0n) is 11.2. The van der Waals surface area contributed by atoms with E-state index in [2.05, 4.69) is 20.1 Å². The first-order chi connectivity index (χ1) is 10.2. The van der Waals surface area contributed by atoms with Gasteiger partial charge in [-0.2, -0.15) is 21.6 Å². The largest absolute Gasteiger partial charge is 0.534 e. The van der Waals surface area contributed by atoms with E-state index >= 15 is 0 Å². The second-order valence-electron chi connectivity index (χ2n) is 4.82. The van der Waals surface area contributed by atoms with Crippen LogP contribution in [0.1, 0.15) is 34.3 Å². The lowest BCUT2D eigenvalue weighted by Gasteiger charge is -2.22. The van der Waals surface area contributed by atoms with Gasteiger partial charge in [-0.3, -0.25) is 4.79 Å². The first-order valence-electron chi connectivity index (χ1n) is 6.42. The molecule has 1 aromatic rings. The van der Waals surface area contributed by atoms with Crippen LogP contribution in [0.4, 0.5) is 13.2 Å². The van der Waals surface area contributed by atoms with Crippen molar-refractivity contribution in [1.29, 1.82) is 0 Å². The highest BCUT2D eigenvalue weighted by molar-refractivity contribution is 9.09. The van der Waals surface area contributed by atoms with Gasteiger partial charge in [0.25, 0.3) is 0 Å². The molecule has 1 aliphatic rings. The number of carbonyl (C=O) groups excluding carboxylic acids is 1. The van der Waals surface area contributed by atoms with E-state index in [0.29, 0.717) is 36.0 Å². The smallest absolute Gasteiger partial charge is 0.376 e. The highest BCUT2D eigenvalue weighted by Gasteiger charge is 2.49. The number of halogens is 4. The summed E-state index contributed by atoms with van der Waals surface area (Å²) in [6.45, 7) is 0. The minimum atomic E-state index is -5.72. The lowest BCUT2D eigenvalue weighted by Crippen LogP contribution is -2.28. The van der Waals surface area contributed by atoms with Crippen molar-refractivity contribution >= 4 is 31.8 Å². The monoisotopic (exact) mass is 400 g/mol. The molecule has 0 aromatic heterocycles. The molecule has 0 bridgehead atoms. The Bertz CT molecular complexity index is 698. The summed E-state index contributed by atoms with van der Waals surface area (Å²) in [5.41, 5.74) is -4.15. The van der Waals surface area contributed by atoms with E-state index in [1.807, 2.05) is 0 Å². The molecule has 0 saturated carbocycles. The molecule has 0 radical (unpaired) electrons. The van der Waals surface area contributed by atoms with Gasteiger partial charge in [-0.05, 0) is 48.9 Å². The highest BCUT2D eigenvalue weighted by atomic mass is 79.9. The molecule has 4 nitrogen and oxygen atoms in total. The second-order valence-corrected chi connectivity index (χ2v) is 6.91. The Hall–Kier alpha value is -1.09. The number of carbonyl (C=O) groups is 1. The van der Waals surface area contributed by atoms with Gasteiger partial charge < -0.3 is 4.18 Å². The van der Waals surface area contributed by atoms with Crippen LogP contribution in [0.2, 0.25) is 0 Å². The maximum Gasteiger partial charge on any atom is 0.534 e. The number of ketones is 1. The molecule has 0 aliphatic heterocycles. The van der Waals surface area contributed by atoms with Gasteiger partial charge in [0.05, 0.1) is 5.33 Å². The molecular formula is C13H12BrF3O4S. The van der Waals surface area contributed by atoms with Crippen molar-refractivity contribution < 1.29 is 30.6 Å². The molecule has 22 heavy (non-hydrogen) atoms. The summed E-state index contributed by atoms with van der Waals surface area (Å²) in [6, 6.07) is 2.43. The third-order valence-electron chi connectivity index (χ3n) is 3.40. The number of rotatable bonds is 4. The first kappa shape index (κ1) is 17.3. The Balaban J connectivity index is 2.49. The first-order valence-corrected chi connectivity index (χ1v) is 8.95. The van der Waals surface area contributed by atoms with E-state index in [0.717, 1.165) is 12.5 Å². The molecule has 9 heteroatoms. The van der Waals surface area contributed by atoms with Crippen LogP contribution in [-0.4, -0.2) is 25.0 Å². The van der Waals surface area contributed by atoms with E-state index < -0.39 is 15.6 Å². The van der Waals surface area contributed by atoms with Crippen LogP contribution in [0, 0.1) is 0 Å². The maximum absolute atomic E-state index is 12.4. The van der Waals surface area contributed by atoms with Crippen LogP contribution in [0.3, 0.4) is 0 Å². The van der Waals surface area contributed by atoms with Crippen molar-refractivity contribution in [2.75, 3.05) is 5.33 Å². The van der Waals surface area contributed by atoms with Crippen LogP contribution in [0.5, 0.6) is 5.75 Å². The predicted molar refractivity (Wildman–Crippen MR) is 76.8 cm³/mol. The molecule has 1 aromatic carbocycles. The second kappa shape index (κ2) is 6.19. The number of alkyl halides is 4. The fourth-order valence-electron chi connectivity index (χ4n) is 2.41. The lowest BCUT2D eigenvalue weighted by molar-refractivity contribution is -0.0500. The Morgan fingerprint density at radius 3 is 2.32 bits per heavy atom. The van der Waals surface area contributed by atoms with Crippen LogP contribution in [-0.2, 0) is 23.0 Å². The highest BCUT2D eigenvalue weighted by Crippen LogP contribution is 2.35. The molecule has 0 spiro atoms. The Morgan fingerprint density at radius 2 is 1.77 bits per heavy atom. The fourth-order valence-corrected chi connectivity index (χ4v) is 3.20. The third-order valence-corrected chi connectivity index (χ3v) is 4.87. The maximum atomic E-state index is 12.4. The van der Waals surface area contributed by atoms with Crippen LogP contribution in [0.25, 0.3) is 0 Å². The Morgan fingerprint density at radius 1 is 1.18 bits per heavy atom. The summed E-state index contributed by atoms with van der Waals surface area (Å²) < 4.78 is 63.9. The normalized spacial score (nSPS) is 15.3. The van der Waals surface area contributed by atoms with Gasteiger partial charge in [0.2, 0.25) is 0 Å². The summed E-state index contributed by atoms with van der Waals surface area (Å²) >= 11 is 3.05. The molecule has 0 unspecified atom stereocenters. The van der Waals surface area contributed by atoms with Gasteiger partial charge >= 0.3 is 15.6 Å². The topological polar surface area (TPSA) is 60.4 Å². The molecular weight excluding hydrogens is 389 g/mol. The van der Waals surface area contributed by atoms with E-state index in [1.54, 1.807) is 0 Å². The molecule has 0 heterocycles. The zero-order valence-corrected chi connectivity index (χ0v) is 13.6.